The van der Waals surface area contributed by atoms with Crippen LogP contribution in [0.3, 0.4) is 0 Å². The summed E-state index contributed by atoms with van der Waals surface area (Å²) in [6, 6.07) is 16.5. The Morgan fingerprint density at radius 2 is 1.82 bits per heavy atom. The molecular formula is C23H22O5. The molecule has 3 rings (SSSR count). The second-order valence-corrected chi connectivity index (χ2v) is 6.12. The van der Waals surface area contributed by atoms with E-state index < -0.39 is 0 Å². The van der Waals surface area contributed by atoms with Crippen LogP contribution in [0.4, 0.5) is 0 Å². The highest BCUT2D eigenvalue weighted by Gasteiger charge is 2.11. The SMILES string of the molecule is COc1ccc(OC)c(C(=O)/C=C/c2ccc(COc3ccccc3C)o2)c1. The highest BCUT2D eigenvalue weighted by Crippen LogP contribution is 2.25. The van der Waals surface area contributed by atoms with Gasteiger partial charge < -0.3 is 18.6 Å². The molecule has 1 heterocycles. The van der Waals surface area contributed by atoms with E-state index in [9.17, 15) is 4.79 Å². The maximum absolute atomic E-state index is 12.5. The summed E-state index contributed by atoms with van der Waals surface area (Å²) in [4.78, 5) is 12.5. The number of furan rings is 1. The van der Waals surface area contributed by atoms with Gasteiger partial charge in [0.1, 0.15) is 35.4 Å². The van der Waals surface area contributed by atoms with E-state index >= 15 is 0 Å². The van der Waals surface area contributed by atoms with Gasteiger partial charge in [-0.15, -0.1) is 0 Å². The third-order valence-corrected chi connectivity index (χ3v) is 4.22. The Balaban J connectivity index is 1.67. The molecule has 0 bridgehead atoms. The first-order valence-corrected chi connectivity index (χ1v) is 8.82. The molecular weight excluding hydrogens is 356 g/mol. The summed E-state index contributed by atoms with van der Waals surface area (Å²) in [6.07, 6.45) is 3.07. The van der Waals surface area contributed by atoms with E-state index in [1.807, 2.05) is 37.3 Å². The lowest BCUT2D eigenvalue weighted by molar-refractivity contribution is 0.104. The van der Waals surface area contributed by atoms with E-state index in [1.165, 1.54) is 13.2 Å². The number of allylic oxidation sites excluding steroid dienone is 1. The minimum absolute atomic E-state index is 0.204. The Morgan fingerprint density at radius 1 is 1.00 bits per heavy atom. The van der Waals surface area contributed by atoms with Crippen LogP contribution in [0, 0.1) is 6.92 Å². The molecule has 0 fully saturated rings. The van der Waals surface area contributed by atoms with Gasteiger partial charge in [-0.25, -0.2) is 0 Å². The van der Waals surface area contributed by atoms with E-state index in [4.69, 9.17) is 18.6 Å². The third-order valence-electron chi connectivity index (χ3n) is 4.22. The molecule has 144 valence electrons. The van der Waals surface area contributed by atoms with Gasteiger partial charge in [-0.2, -0.15) is 0 Å². The van der Waals surface area contributed by atoms with E-state index in [1.54, 1.807) is 37.5 Å². The van der Waals surface area contributed by atoms with Crippen molar-refractivity contribution in [1.82, 2.24) is 0 Å². The van der Waals surface area contributed by atoms with Crippen LogP contribution in [0.5, 0.6) is 17.2 Å². The number of hydrogen-bond donors (Lipinski definition) is 0. The first kappa shape index (κ1) is 19.3. The molecule has 2 aromatic carbocycles. The van der Waals surface area contributed by atoms with Gasteiger partial charge in [-0.1, -0.05) is 18.2 Å². The van der Waals surface area contributed by atoms with Crippen molar-refractivity contribution in [1.29, 1.82) is 0 Å². The number of carbonyl (C=O) groups excluding carboxylic acids is 1. The Bertz CT molecular complexity index is 984. The molecule has 0 N–H and O–H groups in total. The summed E-state index contributed by atoms with van der Waals surface area (Å²) in [5.41, 5.74) is 1.49. The average Bonchev–Trinajstić information content (AvgIpc) is 3.18. The molecule has 1 aromatic heterocycles. The number of methoxy groups -OCH3 is 2. The van der Waals surface area contributed by atoms with Crippen molar-refractivity contribution >= 4 is 11.9 Å². The molecule has 0 saturated carbocycles. The van der Waals surface area contributed by atoms with Gasteiger partial charge in [0.05, 0.1) is 19.8 Å². The van der Waals surface area contributed by atoms with Crippen molar-refractivity contribution in [2.45, 2.75) is 13.5 Å². The van der Waals surface area contributed by atoms with Crippen molar-refractivity contribution < 1.29 is 23.4 Å². The first-order valence-electron chi connectivity index (χ1n) is 8.82. The van der Waals surface area contributed by atoms with Crippen molar-refractivity contribution in [3.05, 3.63) is 83.3 Å². The van der Waals surface area contributed by atoms with E-state index in [0.717, 1.165) is 11.3 Å². The van der Waals surface area contributed by atoms with Gasteiger partial charge in [0.25, 0.3) is 0 Å². The first-order chi connectivity index (χ1) is 13.6. The van der Waals surface area contributed by atoms with Crippen LogP contribution in [0.1, 0.15) is 27.4 Å². The van der Waals surface area contributed by atoms with Gasteiger partial charge >= 0.3 is 0 Å². The molecule has 3 aromatic rings. The fraction of sp³-hybridized carbons (Fsp3) is 0.174. The van der Waals surface area contributed by atoms with Crippen molar-refractivity contribution in [2.24, 2.45) is 0 Å². The number of aryl methyl sites for hydroxylation is 1. The van der Waals surface area contributed by atoms with Gasteiger partial charge in [0, 0.05) is 0 Å². The zero-order valence-corrected chi connectivity index (χ0v) is 16.1. The largest absolute Gasteiger partial charge is 0.497 e. The maximum atomic E-state index is 12.5. The molecule has 0 saturated heterocycles. The molecule has 0 aliphatic carbocycles. The number of rotatable bonds is 8. The summed E-state index contributed by atoms with van der Waals surface area (Å²) in [5.74, 6) is 2.93. The number of para-hydroxylation sites is 1. The fourth-order valence-electron chi connectivity index (χ4n) is 2.68. The predicted molar refractivity (Wildman–Crippen MR) is 107 cm³/mol. The molecule has 5 nitrogen and oxygen atoms in total. The lowest BCUT2D eigenvalue weighted by Crippen LogP contribution is -1.99. The summed E-state index contributed by atoms with van der Waals surface area (Å²) in [7, 11) is 3.07. The molecule has 0 aliphatic heterocycles. The molecule has 0 amide bonds. The average molecular weight is 378 g/mol. The number of benzene rings is 2. The summed E-state index contributed by atoms with van der Waals surface area (Å²) in [5, 5.41) is 0. The fourth-order valence-corrected chi connectivity index (χ4v) is 2.68. The molecule has 0 spiro atoms. The molecule has 0 radical (unpaired) electrons. The lowest BCUT2D eigenvalue weighted by Gasteiger charge is -2.07. The van der Waals surface area contributed by atoms with Crippen LogP contribution in [0.25, 0.3) is 6.08 Å². The van der Waals surface area contributed by atoms with Crippen molar-refractivity contribution in [3.8, 4) is 17.2 Å². The standard InChI is InChI=1S/C23H22O5/c1-16-6-4-5-7-22(16)27-15-19-9-8-17(28-19)10-12-21(24)20-14-18(25-2)11-13-23(20)26-3/h4-14H,15H2,1-3H3/b12-10+. The van der Waals surface area contributed by atoms with Gasteiger partial charge in [-0.3, -0.25) is 4.79 Å². The minimum Gasteiger partial charge on any atom is -0.497 e. The monoisotopic (exact) mass is 378 g/mol. The van der Waals surface area contributed by atoms with Gasteiger partial charge in [-0.05, 0) is 61.0 Å². The molecule has 0 unspecified atom stereocenters. The van der Waals surface area contributed by atoms with E-state index in [2.05, 4.69) is 0 Å². The van der Waals surface area contributed by atoms with Crippen molar-refractivity contribution in [2.75, 3.05) is 14.2 Å². The molecule has 28 heavy (non-hydrogen) atoms. The Hall–Kier alpha value is -3.47. The summed E-state index contributed by atoms with van der Waals surface area (Å²) < 4.78 is 21.9. The molecule has 0 aliphatic rings. The second kappa shape index (κ2) is 8.95. The summed E-state index contributed by atoms with van der Waals surface area (Å²) >= 11 is 0. The lowest BCUT2D eigenvalue weighted by atomic mass is 10.1. The Morgan fingerprint density at radius 3 is 2.57 bits per heavy atom. The highest BCUT2D eigenvalue weighted by molar-refractivity contribution is 6.08. The highest BCUT2D eigenvalue weighted by atomic mass is 16.5. The van der Waals surface area contributed by atoms with Crippen LogP contribution in [0.15, 0.2) is 65.1 Å². The number of carbonyl (C=O) groups is 1. The smallest absolute Gasteiger partial charge is 0.189 e. The van der Waals surface area contributed by atoms with Crippen LogP contribution >= 0.6 is 0 Å². The Kier molecular flexibility index (Phi) is 6.17. The number of hydrogen-bond acceptors (Lipinski definition) is 5. The second-order valence-electron chi connectivity index (χ2n) is 6.12. The number of ketones is 1. The van der Waals surface area contributed by atoms with E-state index in [-0.39, 0.29) is 5.78 Å². The Labute approximate surface area is 164 Å². The maximum Gasteiger partial charge on any atom is 0.189 e. The normalized spacial score (nSPS) is 10.8. The third kappa shape index (κ3) is 4.62. The summed E-state index contributed by atoms with van der Waals surface area (Å²) in [6.45, 7) is 2.31. The van der Waals surface area contributed by atoms with Crippen LogP contribution in [-0.4, -0.2) is 20.0 Å². The zero-order chi connectivity index (χ0) is 19.9. The molecule has 0 atom stereocenters. The van der Waals surface area contributed by atoms with Crippen molar-refractivity contribution in [3.63, 3.8) is 0 Å². The zero-order valence-electron chi connectivity index (χ0n) is 16.1. The quantitative estimate of drug-likeness (QED) is 0.404. The van der Waals surface area contributed by atoms with E-state index in [0.29, 0.717) is 35.2 Å². The van der Waals surface area contributed by atoms with Crippen LogP contribution in [0.2, 0.25) is 0 Å². The minimum atomic E-state index is -0.204. The molecule has 5 heteroatoms. The number of ether oxygens (including phenoxy) is 3. The topological polar surface area (TPSA) is 57.9 Å². The van der Waals surface area contributed by atoms with Crippen LogP contribution in [-0.2, 0) is 6.61 Å². The van der Waals surface area contributed by atoms with Gasteiger partial charge in [0.2, 0.25) is 0 Å². The van der Waals surface area contributed by atoms with Gasteiger partial charge in [0.15, 0.2) is 5.78 Å². The van der Waals surface area contributed by atoms with Crippen LogP contribution < -0.4 is 14.2 Å². The predicted octanol–water partition coefficient (Wildman–Crippen LogP) is 5.08.